The molecule has 0 fully saturated rings. The van der Waals surface area contributed by atoms with Gasteiger partial charge >= 0.3 is 0 Å². The Hall–Kier alpha value is -2.76. The Morgan fingerprint density at radius 1 is 1.43 bits per heavy atom. The maximum Gasteiger partial charge on any atom is 0.257 e. The lowest BCUT2D eigenvalue weighted by Crippen LogP contribution is -2.11. The molecule has 0 aliphatic heterocycles. The Morgan fingerprint density at radius 3 is 2.95 bits per heavy atom. The minimum atomic E-state index is -0.185. The zero-order chi connectivity index (χ0) is 15.0. The maximum atomic E-state index is 12.4. The summed E-state index contributed by atoms with van der Waals surface area (Å²) >= 11 is 0. The third kappa shape index (κ3) is 2.47. The molecule has 3 rings (SSSR count). The molecule has 6 heteroatoms. The van der Waals surface area contributed by atoms with Crippen molar-refractivity contribution < 1.29 is 4.79 Å². The molecule has 2 heterocycles. The minimum absolute atomic E-state index is 0.185. The topological polar surface area (TPSA) is 88.7 Å². The number of H-pyrrole nitrogens is 1. The highest BCUT2D eigenvalue weighted by Crippen LogP contribution is 2.22. The van der Waals surface area contributed by atoms with Gasteiger partial charge in [-0.25, -0.2) is 0 Å². The highest BCUT2D eigenvalue weighted by atomic mass is 16.1. The van der Waals surface area contributed by atoms with Crippen molar-refractivity contribution in [2.24, 2.45) is 0 Å². The van der Waals surface area contributed by atoms with Gasteiger partial charge in [0.15, 0.2) is 0 Å². The number of carbonyl (C=O) groups excluding carboxylic acids is 1. The van der Waals surface area contributed by atoms with Crippen LogP contribution in [0, 0.1) is 0 Å². The molecule has 4 N–H and O–H groups in total. The van der Waals surface area contributed by atoms with E-state index in [2.05, 4.69) is 15.4 Å². The second-order valence-electron chi connectivity index (χ2n) is 5.26. The fourth-order valence-electron chi connectivity index (χ4n) is 2.21. The molecule has 21 heavy (non-hydrogen) atoms. The Bertz CT molecular complexity index is 799. The molecule has 0 spiro atoms. The molecular weight excluding hydrogens is 266 g/mol. The van der Waals surface area contributed by atoms with E-state index in [4.69, 9.17) is 5.73 Å². The van der Waals surface area contributed by atoms with Crippen LogP contribution in [0.2, 0.25) is 0 Å². The maximum absolute atomic E-state index is 12.4. The molecule has 0 atom stereocenters. The van der Waals surface area contributed by atoms with Gasteiger partial charge in [0, 0.05) is 35.0 Å². The van der Waals surface area contributed by atoms with Crippen molar-refractivity contribution in [2.45, 2.75) is 19.9 Å². The van der Waals surface area contributed by atoms with Gasteiger partial charge in [-0.1, -0.05) is 0 Å². The zero-order valence-electron chi connectivity index (χ0n) is 11.9. The van der Waals surface area contributed by atoms with E-state index in [0.29, 0.717) is 16.9 Å². The van der Waals surface area contributed by atoms with Gasteiger partial charge in [-0.15, -0.1) is 0 Å². The van der Waals surface area contributed by atoms with Crippen molar-refractivity contribution in [1.29, 1.82) is 0 Å². The predicted octanol–water partition coefficient (Wildman–Crippen LogP) is 2.78. The van der Waals surface area contributed by atoms with Crippen molar-refractivity contribution in [1.82, 2.24) is 14.8 Å². The lowest BCUT2D eigenvalue weighted by Gasteiger charge is -2.04. The van der Waals surface area contributed by atoms with Gasteiger partial charge in [0.1, 0.15) is 0 Å². The Balaban J connectivity index is 1.88. The molecule has 108 valence electrons. The minimum Gasteiger partial charge on any atom is -0.399 e. The number of nitrogens with two attached hydrogens (primary N) is 1. The van der Waals surface area contributed by atoms with Gasteiger partial charge in [-0.2, -0.15) is 5.10 Å². The SMILES string of the molecule is CC(C)n1cc(NC(=O)c2c[nH]c3ccc(N)cc23)cn1. The normalized spacial score (nSPS) is 11.2. The molecule has 0 unspecified atom stereocenters. The summed E-state index contributed by atoms with van der Waals surface area (Å²) in [5, 5.41) is 7.86. The van der Waals surface area contributed by atoms with Gasteiger partial charge in [-0.05, 0) is 32.0 Å². The van der Waals surface area contributed by atoms with Crippen LogP contribution in [0.25, 0.3) is 10.9 Å². The largest absolute Gasteiger partial charge is 0.399 e. The number of nitrogen functional groups attached to an aromatic ring is 1. The van der Waals surface area contributed by atoms with Crippen molar-refractivity contribution in [2.75, 3.05) is 11.1 Å². The standard InChI is InChI=1S/C15H17N5O/c1-9(2)20-8-11(6-18-20)19-15(21)13-7-17-14-4-3-10(16)5-12(13)14/h3-9,17H,16H2,1-2H3,(H,19,21). The Morgan fingerprint density at radius 2 is 2.24 bits per heavy atom. The second kappa shape index (κ2) is 4.97. The zero-order valence-corrected chi connectivity index (χ0v) is 11.9. The molecule has 2 aromatic heterocycles. The first kappa shape index (κ1) is 13.2. The van der Waals surface area contributed by atoms with Crippen molar-refractivity contribution >= 4 is 28.2 Å². The average Bonchev–Trinajstić information content (AvgIpc) is 3.04. The van der Waals surface area contributed by atoms with Gasteiger partial charge in [0.25, 0.3) is 5.91 Å². The number of hydrogen-bond donors (Lipinski definition) is 3. The van der Waals surface area contributed by atoms with Crippen LogP contribution in [0.1, 0.15) is 30.2 Å². The molecular formula is C15H17N5O. The van der Waals surface area contributed by atoms with Crippen LogP contribution in [0.15, 0.2) is 36.8 Å². The number of amides is 1. The summed E-state index contributed by atoms with van der Waals surface area (Å²) in [6.45, 7) is 4.06. The number of benzene rings is 1. The Labute approximate surface area is 121 Å². The lowest BCUT2D eigenvalue weighted by atomic mass is 10.1. The molecule has 0 saturated heterocycles. The third-order valence-corrected chi connectivity index (χ3v) is 3.34. The molecule has 1 aromatic carbocycles. The van der Waals surface area contributed by atoms with Gasteiger partial charge < -0.3 is 16.0 Å². The first-order valence-corrected chi connectivity index (χ1v) is 6.76. The predicted molar refractivity (Wildman–Crippen MR) is 83.3 cm³/mol. The fourth-order valence-corrected chi connectivity index (χ4v) is 2.21. The smallest absolute Gasteiger partial charge is 0.257 e. The monoisotopic (exact) mass is 283 g/mol. The summed E-state index contributed by atoms with van der Waals surface area (Å²) in [5.74, 6) is -0.185. The quantitative estimate of drug-likeness (QED) is 0.646. The molecule has 0 aliphatic carbocycles. The van der Waals surface area contributed by atoms with Crippen molar-refractivity contribution in [3.8, 4) is 0 Å². The summed E-state index contributed by atoms with van der Waals surface area (Å²) in [5.41, 5.74) is 8.53. The van der Waals surface area contributed by atoms with Crippen molar-refractivity contribution in [3.63, 3.8) is 0 Å². The summed E-state index contributed by atoms with van der Waals surface area (Å²) < 4.78 is 1.79. The highest BCUT2D eigenvalue weighted by molar-refractivity contribution is 6.13. The lowest BCUT2D eigenvalue weighted by molar-refractivity contribution is 0.102. The molecule has 1 amide bonds. The third-order valence-electron chi connectivity index (χ3n) is 3.34. The van der Waals surface area contributed by atoms with Crippen molar-refractivity contribution in [3.05, 3.63) is 42.4 Å². The second-order valence-corrected chi connectivity index (χ2v) is 5.26. The number of fused-ring (bicyclic) bond motifs is 1. The van der Waals surface area contributed by atoms with E-state index in [-0.39, 0.29) is 11.9 Å². The number of rotatable bonds is 3. The van der Waals surface area contributed by atoms with E-state index < -0.39 is 0 Å². The van der Waals surface area contributed by atoms with Crippen LogP contribution in [0.5, 0.6) is 0 Å². The fraction of sp³-hybridized carbons (Fsp3) is 0.200. The highest BCUT2D eigenvalue weighted by Gasteiger charge is 2.13. The van der Waals surface area contributed by atoms with Gasteiger partial charge in [-0.3, -0.25) is 9.48 Å². The van der Waals surface area contributed by atoms with Crippen LogP contribution < -0.4 is 11.1 Å². The molecule has 0 radical (unpaired) electrons. The number of aromatic nitrogens is 3. The molecule has 3 aromatic rings. The van der Waals surface area contributed by atoms with E-state index in [0.717, 1.165) is 10.9 Å². The number of aromatic amines is 1. The molecule has 6 nitrogen and oxygen atoms in total. The number of nitrogens with one attached hydrogen (secondary N) is 2. The van der Waals surface area contributed by atoms with Crippen LogP contribution in [0.4, 0.5) is 11.4 Å². The van der Waals surface area contributed by atoms with E-state index in [1.165, 1.54) is 0 Å². The molecule has 0 bridgehead atoms. The summed E-state index contributed by atoms with van der Waals surface area (Å²) in [6.07, 6.45) is 5.14. The van der Waals surface area contributed by atoms with E-state index in [1.54, 1.807) is 29.2 Å². The number of nitrogens with zero attached hydrogens (tertiary/aromatic N) is 2. The number of hydrogen-bond acceptors (Lipinski definition) is 3. The summed E-state index contributed by atoms with van der Waals surface area (Å²) in [7, 11) is 0. The van der Waals surface area contributed by atoms with E-state index in [9.17, 15) is 4.79 Å². The van der Waals surface area contributed by atoms with Gasteiger partial charge in [0.2, 0.25) is 0 Å². The number of anilines is 2. The van der Waals surface area contributed by atoms with E-state index >= 15 is 0 Å². The number of carbonyl (C=O) groups is 1. The van der Waals surface area contributed by atoms with Crippen LogP contribution >= 0.6 is 0 Å². The summed E-state index contributed by atoms with van der Waals surface area (Å²) in [6, 6.07) is 5.70. The van der Waals surface area contributed by atoms with Crippen LogP contribution in [0.3, 0.4) is 0 Å². The van der Waals surface area contributed by atoms with E-state index in [1.807, 2.05) is 26.1 Å². The average molecular weight is 283 g/mol. The van der Waals surface area contributed by atoms with Gasteiger partial charge in [0.05, 0.1) is 17.4 Å². The first-order valence-electron chi connectivity index (χ1n) is 6.76. The van der Waals surface area contributed by atoms with Crippen LogP contribution in [-0.4, -0.2) is 20.7 Å². The molecule has 0 saturated carbocycles. The summed E-state index contributed by atoms with van der Waals surface area (Å²) in [4.78, 5) is 15.4. The first-order chi connectivity index (χ1) is 10.0. The Kier molecular flexibility index (Phi) is 3.13. The molecule has 0 aliphatic rings. The van der Waals surface area contributed by atoms with Crippen LogP contribution in [-0.2, 0) is 0 Å².